The van der Waals surface area contributed by atoms with Crippen molar-refractivity contribution in [2.45, 2.75) is 51.1 Å². The van der Waals surface area contributed by atoms with Crippen LogP contribution in [0.4, 0.5) is 5.69 Å². The molecule has 4 nitrogen and oxygen atoms in total. The van der Waals surface area contributed by atoms with Crippen LogP contribution in [0.3, 0.4) is 0 Å². The summed E-state index contributed by atoms with van der Waals surface area (Å²) in [6, 6.07) is 22.1. The van der Waals surface area contributed by atoms with Gasteiger partial charge in [0.05, 0.1) is 0 Å². The molecular weight excluding hydrogens is 456 g/mol. The number of nitrogens with zero attached hydrogens (tertiary/aromatic N) is 1. The summed E-state index contributed by atoms with van der Waals surface area (Å²) >= 11 is 6.19. The average Bonchev–Trinajstić information content (AvgIpc) is 3.00. The number of anilines is 1. The first-order valence-electron chi connectivity index (χ1n) is 12.3. The Morgan fingerprint density at radius 3 is 2.31 bits per heavy atom. The van der Waals surface area contributed by atoms with Crippen LogP contribution in [0.15, 0.2) is 72.8 Å². The smallest absolute Gasteiger partial charge is 0.259 e. The monoisotopic (exact) mass is 484 g/mol. The highest BCUT2D eigenvalue weighted by Gasteiger charge is 2.38. The molecule has 0 saturated heterocycles. The molecule has 178 valence electrons. The number of benzene rings is 3. The van der Waals surface area contributed by atoms with E-state index < -0.39 is 6.04 Å². The number of amides is 2. The van der Waals surface area contributed by atoms with E-state index in [1.54, 1.807) is 4.90 Å². The van der Waals surface area contributed by atoms with Gasteiger partial charge in [0.1, 0.15) is 6.04 Å². The van der Waals surface area contributed by atoms with Gasteiger partial charge in [0.25, 0.3) is 5.91 Å². The summed E-state index contributed by atoms with van der Waals surface area (Å²) in [6.07, 6.45) is 7.35. The van der Waals surface area contributed by atoms with E-state index in [-0.39, 0.29) is 17.9 Å². The highest BCUT2D eigenvalue weighted by atomic mass is 35.5. The predicted octanol–water partition coefficient (Wildman–Crippen LogP) is 6.67. The van der Waals surface area contributed by atoms with E-state index in [9.17, 15) is 9.59 Å². The lowest BCUT2D eigenvalue weighted by atomic mass is 9.92. The minimum absolute atomic E-state index is 0.128. The molecule has 3 aromatic carbocycles. The van der Waals surface area contributed by atoms with Gasteiger partial charge in [-0.25, -0.2) is 0 Å². The molecule has 0 bridgehead atoms. The number of nitrogens with one attached hydrogen (secondary N) is 1. The van der Waals surface area contributed by atoms with Crippen LogP contribution in [0.1, 0.15) is 59.2 Å². The number of hydrogen-bond donors (Lipinski definition) is 1. The number of carbonyl (C=O) groups excluding carboxylic acids is 2. The summed E-state index contributed by atoms with van der Waals surface area (Å²) in [5, 5.41) is 3.91. The predicted molar refractivity (Wildman–Crippen MR) is 143 cm³/mol. The molecule has 0 radical (unpaired) electrons. The molecule has 1 unspecified atom stereocenters. The topological polar surface area (TPSA) is 49.4 Å². The molecule has 1 aliphatic heterocycles. The van der Waals surface area contributed by atoms with Crippen LogP contribution in [0.5, 0.6) is 0 Å². The average molecular weight is 485 g/mol. The van der Waals surface area contributed by atoms with Crippen LogP contribution >= 0.6 is 11.6 Å². The minimum Gasteiger partial charge on any atom is -0.351 e. The molecule has 5 heteroatoms. The largest absolute Gasteiger partial charge is 0.351 e. The molecule has 1 aliphatic carbocycles. The number of rotatable bonds is 4. The first kappa shape index (κ1) is 23.4. The van der Waals surface area contributed by atoms with E-state index >= 15 is 0 Å². The standard InChI is InChI=1S/C30H29ClN2O2/c1-20-11-17-25(18-12-20)33-28(29(34)32-24-8-3-2-4-9-24)27(21-13-15-23(31)16-14-21)19-22-7-5-6-10-26(22)30(33)35/h5-7,10-19,24,28H,2-4,8-9H2,1H3,(H,32,34). The third kappa shape index (κ3) is 4.89. The molecule has 5 rings (SSSR count). The molecule has 1 atom stereocenters. The van der Waals surface area contributed by atoms with Crippen molar-refractivity contribution in [2.75, 3.05) is 4.90 Å². The minimum atomic E-state index is -0.819. The third-order valence-corrected chi connectivity index (χ3v) is 7.22. The molecule has 1 heterocycles. The maximum atomic E-state index is 14.1. The van der Waals surface area contributed by atoms with Crippen LogP contribution < -0.4 is 10.2 Å². The molecule has 35 heavy (non-hydrogen) atoms. The number of carbonyl (C=O) groups is 2. The lowest BCUT2D eigenvalue weighted by Crippen LogP contribution is -2.52. The van der Waals surface area contributed by atoms with Crippen LogP contribution in [0, 0.1) is 6.92 Å². The molecule has 2 amide bonds. The highest BCUT2D eigenvalue weighted by Crippen LogP contribution is 2.35. The lowest BCUT2D eigenvalue weighted by molar-refractivity contribution is -0.122. The van der Waals surface area contributed by atoms with Gasteiger partial charge in [-0.05, 0) is 72.9 Å². The van der Waals surface area contributed by atoms with Gasteiger partial charge in [0, 0.05) is 22.3 Å². The Kier molecular flexibility index (Phi) is 6.74. The third-order valence-electron chi connectivity index (χ3n) is 6.96. The maximum Gasteiger partial charge on any atom is 0.259 e. The van der Waals surface area contributed by atoms with E-state index in [0.717, 1.165) is 47.9 Å². The van der Waals surface area contributed by atoms with Crippen molar-refractivity contribution >= 4 is 40.8 Å². The Labute approximate surface area is 211 Å². The van der Waals surface area contributed by atoms with Crippen LogP contribution in [0.25, 0.3) is 11.6 Å². The van der Waals surface area contributed by atoms with E-state index in [4.69, 9.17) is 11.6 Å². The fourth-order valence-corrected chi connectivity index (χ4v) is 5.22. The van der Waals surface area contributed by atoms with E-state index in [0.29, 0.717) is 16.3 Å². The van der Waals surface area contributed by atoms with Gasteiger partial charge in [-0.1, -0.05) is 78.9 Å². The Morgan fingerprint density at radius 2 is 1.60 bits per heavy atom. The molecule has 2 aliphatic rings. The van der Waals surface area contributed by atoms with E-state index in [1.807, 2.05) is 85.8 Å². The maximum absolute atomic E-state index is 14.1. The zero-order valence-corrected chi connectivity index (χ0v) is 20.6. The summed E-state index contributed by atoms with van der Waals surface area (Å²) in [5.41, 5.74) is 4.79. The van der Waals surface area contributed by atoms with Crippen LogP contribution in [-0.2, 0) is 4.79 Å². The van der Waals surface area contributed by atoms with Gasteiger partial charge >= 0.3 is 0 Å². The summed E-state index contributed by atoms with van der Waals surface area (Å²) < 4.78 is 0. The van der Waals surface area contributed by atoms with Gasteiger partial charge in [-0.3, -0.25) is 14.5 Å². The van der Waals surface area contributed by atoms with Gasteiger partial charge in [0.2, 0.25) is 5.91 Å². The van der Waals surface area contributed by atoms with Crippen molar-refractivity contribution in [2.24, 2.45) is 0 Å². The molecule has 0 aromatic heterocycles. The Morgan fingerprint density at radius 1 is 0.914 bits per heavy atom. The van der Waals surface area contributed by atoms with Crippen LogP contribution in [-0.4, -0.2) is 23.9 Å². The van der Waals surface area contributed by atoms with Gasteiger partial charge in [-0.2, -0.15) is 0 Å². The van der Waals surface area contributed by atoms with Crippen molar-refractivity contribution in [3.8, 4) is 0 Å². The SMILES string of the molecule is Cc1ccc(N2C(=O)c3ccccc3C=C(c3ccc(Cl)cc3)C2C(=O)NC2CCCCC2)cc1. The number of fused-ring (bicyclic) bond motifs is 1. The lowest BCUT2D eigenvalue weighted by Gasteiger charge is -2.34. The molecular formula is C30H29ClN2O2. The summed E-state index contributed by atoms with van der Waals surface area (Å²) in [6.45, 7) is 2.01. The number of aryl methyl sites for hydroxylation is 1. The summed E-state index contributed by atoms with van der Waals surface area (Å²) in [4.78, 5) is 29.8. The second-order valence-corrected chi connectivity index (χ2v) is 9.89. The second kappa shape index (κ2) is 10.1. The van der Waals surface area contributed by atoms with Crippen molar-refractivity contribution in [3.63, 3.8) is 0 Å². The number of hydrogen-bond acceptors (Lipinski definition) is 2. The van der Waals surface area contributed by atoms with Gasteiger partial charge < -0.3 is 5.32 Å². The zero-order chi connectivity index (χ0) is 24.4. The normalized spacial score (nSPS) is 18.5. The van der Waals surface area contributed by atoms with Gasteiger partial charge in [-0.15, -0.1) is 0 Å². The molecule has 0 spiro atoms. The number of halogens is 1. The molecule has 1 fully saturated rings. The fraction of sp³-hybridized carbons (Fsp3) is 0.267. The van der Waals surface area contributed by atoms with Crippen LogP contribution in [0.2, 0.25) is 5.02 Å². The quantitative estimate of drug-likeness (QED) is 0.449. The van der Waals surface area contributed by atoms with Crippen molar-refractivity contribution in [1.82, 2.24) is 5.32 Å². The molecule has 3 aromatic rings. The summed E-state index contributed by atoms with van der Waals surface area (Å²) in [5.74, 6) is -0.340. The second-order valence-electron chi connectivity index (χ2n) is 9.45. The Hall–Kier alpha value is -3.37. The molecule has 1 saturated carbocycles. The summed E-state index contributed by atoms with van der Waals surface area (Å²) in [7, 11) is 0. The van der Waals surface area contributed by atoms with Crippen molar-refractivity contribution in [3.05, 3.63) is 100 Å². The van der Waals surface area contributed by atoms with Crippen molar-refractivity contribution in [1.29, 1.82) is 0 Å². The first-order chi connectivity index (χ1) is 17.0. The Balaban J connectivity index is 1.68. The van der Waals surface area contributed by atoms with E-state index in [2.05, 4.69) is 5.32 Å². The molecule has 1 N–H and O–H groups in total. The van der Waals surface area contributed by atoms with Gasteiger partial charge in [0.15, 0.2) is 0 Å². The first-order valence-corrected chi connectivity index (χ1v) is 12.7. The highest BCUT2D eigenvalue weighted by molar-refractivity contribution is 6.30. The van der Waals surface area contributed by atoms with Crippen molar-refractivity contribution < 1.29 is 9.59 Å². The zero-order valence-electron chi connectivity index (χ0n) is 19.8. The fourth-order valence-electron chi connectivity index (χ4n) is 5.09. The van der Waals surface area contributed by atoms with E-state index in [1.165, 1.54) is 6.42 Å². The Bertz CT molecular complexity index is 1260.